The molecule has 0 atom stereocenters. The first-order valence-corrected chi connectivity index (χ1v) is 5.58. The van der Waals surface area contributed by atoms with Gasteiger partial charge in [-0.2, -0.15) is 0 Å². The average Bonchev–Trinajstić information content (AvgIpc) is 2.37. The van der Waals surface area contributed by atoms with E-state index in [1.54, 1.807) is 25.1 Å². The van der Waals surface area contributed by atoms with Gasteiger partial charge in [0.2, 0.25) is 0 Å². The molecular weight excluding hydrogens is 234 g/mol. The molecule has 0 fully saturated rings. The van der Waals surface area contributed by atoms with E-state index in [-0.39, 0.29) is 12.2 Å². The van der Waals surface area contributed by atoms with E-state index in [0.717, 1.165) is 5.69 Å². The predicted octanol–water partition coefficient (Wildman–Crippen LogP) is 1.51. The molecule has 0 bridgehead atoms. The van der Waals surface area contributed by atoms with Crippen LogP contribution in [0.2, 0.25) is 0 Å². The molecule has 0 heterocycles. The first-order chi connectivity index (χ1) is 8.51. The number of hydrogen-bond acceptors (Lipinski definition) is 5. The van der Waals surface area contributed by atoms with E-state index < -0.39 is 11.8 Å². The molecule has 0 aliphatic carbocycles. The van der Waals surface area contributed by atoms with Crippen molar-refractivity contribution in [2.24, 2.45) is 0 Å². The van der Waals surface area contributed by atoms with Gasteiger partial charge in [-0.05, 0) is 25.1 Å². The molecule has 1 aromatic carbocycles. The van der Waals surface area contributed by atoms with Crippen molar-refractivity contribution >= 4 is 17.4 Å². The summed E-state index contributed by atoms with van der Waals surface area (Å²) in [5, 5.41) is 0. The number of rotatable bonds is 5. The van der Waals surface area contributed by atoms with Gasteiger partial charge in [-0.25, -0.2) is 4.79 Å². The van der Waals surface area contributed by atoms with Crippen LogP contribution in [0.25, 0.3) is 0 Å². The Labute approximate surface area is 106 Å². The average molecular weight is 251 g/mol. The highest BCUT2D eigenvalue weighted by atomic mass is 16.5. The molecule has 0 aromatic heterocycles. The maximum atomic E-state index is 11.9. The van der Waals surface area contributed by atoms with Crippen LogP contribution >= 0.6 is 0 Å². The summed E-state index contributed by atoms with van der Waals surface area (Å²) in [6, 6.07) is 5.07. The Morgan fingerprint density at radius 2 is 1.94 bits per heavy atom. The van der Waals surface area contributed by atoms with Gasteiger partial charge in [0.25, 0.3) is 5.78 Å². The minimum atomic E-state index is -0.869. The van der Waals surface area contributed by atoms with Gasteiger partial charge in [0, 0.05) is 19.8 Å². The molecule has 5 nitrogen and oxygen atoms in total. The van der Waals surface area contributed by atoms with Crippen LogP contribution in [0.3, 0.4) is 0 Å². The van der Waals surface area contributed by atoms with Crippen LogP contribution in [-0.4, -0.2) is 39.6 Å². The lowest BCUT2D eigenvalue weighted by Gasteiger charge is -2.15. The molecule has 0 N–H and O–H groups in total. The summed E-state index contributed by atoms with van der Waals surface area (Å²) in [4.78, 5) is 25.2. The molecule has 0 radical (unpaired) electrons. The highest BCUT2D eigenvalue weighted by Gasteiger charge is 2.22. The molecule has 0 amide bonds. The fourth-order valence-electron chi connectivity index (χ4n) is 1.46. The molecule has 0 saturated carbocycles. The summed E-state index contributed by atoms with van der Waals surface area (Å²) in [6.45, 7) is 1.82. The highest BCUT2D eigenvalue weighted by Crippen LogP contribution is 2.24. The molecule has 0 saturated heterocycles. The zero-order chi connectivity index (χ0) is 13.7. The van der Waals surface area contributed by atoms with Crippen LogP contribution in [-0.2, 0) is 9.53 Å². The summed E-state index contributed by atoms with van der Waals surface area (Å²) in [5.74, 6) is -1.21. The van der Waals surface area contributed by atoms with Gasteiger partial charge in [0.1, 0.15) is 5.75 Å². The minimum absolute atomic E-state index is 0.167. The molecule has 5 heteroatoms. The second kappa shape index (κ2) is 6.05. The summed E-state index contributed by atoms with van der Waals surface area (Å²) in [5.41, 5.74) is 1.02. The number of ether oxygens (including phenoxy) is 2. The van der Waals surface area contributed by atoms with Crippen LogP contribution in [0, 0.1) is 0 Å². The van der Waals surface area contributed by atoms with Crippen molar-refractivity contribution in [3.63, 3.8) is 0 Å². The largest absolute Gasteiger partial charge is 0.496 e. The minimum Gasteiger partial charge on any atom is -0.496 e. The Kier molecular flexibility index (Phi) is 4.71. The number of carbonyl (C=O) groups excluding carboxylic acids is 2. The fourth-order valence-corrected chi connectivity index (χ4v) is 1.46. The molecule has 0 aliphatic rings. The van der Waals surface area contributed by atoms with Crippen LogP contribution < -0.4 is 9.64 Å². The third-order valence-electron chi connectivity index (χ3n) is 2.40. The van der Waals surface area contributed by atoms with Gasteiger partial charge >= 0.3 is 5.97 Å². The van der Waals surface area contributed by atoms with Gasteiger partial charge in [-0.3, -0.25) is 4.79 Å². The maximum Gasteiger partial charge on any atom is 0.379 e. The van der Waals surface area contributed by atoms with Crippen LogP contribution in [0.5, 0.6) is 5.75 Å². The summed E-state index contributed by atoms with van der Waals surface area (Å²) in [7, 11) is 5.15. The Hall–Kier alpha value is -2.04. The summed E-state index contributed by atoms with van der Waals surface area (Å²) in [6.07, 6.45) is 0. The molecule has 1 aromatic rings. The predicted molar refractivity (Wildman–Crippen MR) is 68.3 cm³/mol. The summed E-state index contributed by atoms with van der Waals surface area (Å²) >= 11 is 0. The number of carbonyl (C=O) groups is 2. The van der Waals surface area contributed by atoms with E-state index in [4.69, 9.17) is 9.47 Å². The Balaban J connectivity index is 3.15. The zero-order valence-electron chi connectivity index (χ0n) is 11.0. The highest BCUT2D eigenvalue weighted by molar-refractivity contribution is 6.41. The van der Waals surface area contributed by atoms with E-state index in [1.807, 2.05) is 19.0 Å². The third kappa shape index (κ3) is 3.00. The SMILES string of the molecule is CCOC(=O)C(=O)c1cc(N(C)C)ccc1OC. The second-order valence-corrected chi connectivity index (χ2v) is 3.83. The van der Waals surface area contributed by atoms with E-state index in [2.05, 4.69) is 0 Å². The molecule has 0 aliphatic heterocycles. The molecule has 18 heavy (non-hydrogen) atoms. The van der Waals surface area contributed by atoms with Gasteiger partial charge in [-0.1, -0.05) is 0 Å². The number of esters is 1. The molecule has 0 unspecified atom stereocenters. The number of ketones is 1. The number of hydrogen-bond donors (Lipinski definition) is 0. The maximum absolute atomic E-state index is 11.9. The molecule has 1 rings (SSSR count). The standard InChI is InChI=1S/C13H17NO4/c1-5-18-13(16)12(15)10-8-9(14(2)3)6-7-11(10)17-4/h6-8H,5H2,1-4H3. The lowest BCUT2D eigenvalue weighted by atomic mass is 10.1. The number of methoxy groups -OCH3 is 1. The lowest BCUT2D eigenvalue weighted by Crippen LogP contribution is -2.19. The van der Waals surface area contributed by atoms with E-state index in [0.29, 0.717) is 5.75 Å². The van der Waals surface area contributed by atoms with Crippen molar-refractivity contribution in [1.29, 1.82) is 0 Å². The van der Waals surface area contributed by atoms with Crippen LogP contribution in [0.4, 0.5) is 5.69 Å². The molecule has 98 valence electrons. The summed E-state index contributed by atoms with van der Waals surface area (Å²) < 4.78 is 9.78. The normalized spacial score (nSPS) is 9.78. The fraction of sp³-hybridized carbons (Fsp3) is 0.385. The Morgan fingerprint density at radius 3 is 2.44 bits per heavy atom. The van der Waals surface area contributed by atoms with Gasteiger partial charge < -0.3 is 14.4 Å². The van der Waals surface area contributed by atoms with Crippen LogP contribution in [0.15, 0.2) is 18.2 Å². The number of nitrogens with zero attached hydrogens (tertiary/aromatic N) is 1. The van der Waals surface area contributed by atoms with Gasteiger partial charge in [0.05, 0.1) is 19.3 Å². The van der Waals surface area contributed by atoms with Crippen molar-refractivity contribution in [1.82, 2.24) is 0 Å². The van der Waals surface area contributed by atoms with Crippen molar-refractivity contribution in [2.45, 2.75) is 6.92 Å². The molecular formula is C13H17NO4. The smallest absolute Gasteiger partial charge is 0.379 e. The Bertz CT molecular complexity index is 454. The quantitative estimate of drug-likeness (QED) is 0.451. The van der Waals surface area contributed by atoms with Gasteiger partial charge in [0.15, 0.2) is 0 Å². The number of Topliss-reactive ketones (excluding diaryl/α,β-unsaturated/α-hetero) is 1. The third-order valence-corrected chi connectivity index (χ3v) is 2.40. The Morgan fingerprint density at radius 1 is 1.28 bits per heavy atom. The van der Waals surface area contributed by atoms with Crippen LogP contribution in [0.1, 0.15) is 17.3 Å². The second-order valence-electron chi connectivity index (χ2n) is 3.83. The van der Waals surface area contributed by atoms with Gasteiger partial charge in [-0.15, -0.1) is 0 Å². The van der Waals surface area contributed by atoms with Crippen molar-refractivity contribution < 1.29 is 19.1 Å². The van der Waals surface area contributed by atoms with E-state index in [1.165, 1.54) is 7.11 Å². The topological polar surface area (TPSA) is 55.8 Å². The van der Waals surface area contributed by atoms with Crippen molar-refractivity contribution in [2.75, 3.05) is 32.7 Å². The number of anilines is 1. The number of benzene rings is 1. The zero-order valence-corrected chi connectivity index (χ0v) is 11.0. The first kappa shape index (κ1) is 14.0. The van der Waals surface area contributed by atoms with E-state index in [9.17, 15) is 9.59 Å². The monoisotopic (exact) mass is 251 g/mol. The molecule has 0 spiro atoms. The van der Waals surface area contributed by atoms with Crippen molar-refractivity contribution in [3.8, 4) is 5.75 Å². The first-order valence-electron chi connectivity index (χ1n) is 5.58. The van der Waals surface area contributed by atoms with E-state index >= 15 is 0 Å². The van der Waals surface area contributed by atoms with Crippen molar-refractivity contribution in [3.05, 3.63) is 23.8 Å². The lowest BCUT2D eigenvalue weighted by molar-refractivity contribution is -0.137.